The highest BCUT2D eigenvalue weighted by Crippen LogP contribution is 2.39. The fourth-order valence-electron chi connectivity index (χ4n) is 3.74. The SMILES string of the molecule is CCCn1c(SCC(=O)Nc2sc3c(c2C(=O)OC)CCC3)nnc1-c1ccoc1C. The Balaban J connectivity index is 1.48. The van der Waals surface area contributed by atoms with Gasteiger partial charge in [-0.2, -0.15) is 0 Å². The van der Waals surface area contributed by atoms with E-state index in [1.807, 2.05) is 17.6 Å². The number of carbonyl (C=O) groups is 2. The van der Waals surface area contributed by atoms with Crippen LogP contribution in [-0.4, -0.2) is 39.5 Å². The van der Waals surface area contributed by atoms with Crippen LogP contribution < -0.4 is 5.32 Å². The van der Waals surface area contributed by atoms with Crippen LogP contribution in [0.4, 0.5) is 5.00 Å². The smallest absolute Gasteiger partial charge is 0.341 e. The maximum atomic E-state index is 12.7. The summed E-state index contributed by atoms with van der Waals surface area (Å²) in [4.78, 5) is 26.1. The molecule has 8 nitrogen and oxygen atoms in total. The van der Waals surface area contributed by atoms with E-state index in [1.54, 1.807) is 6.26 Å². The minimum atomic E-state index is -0.398. The second-order valence-corrected chi connectivity index (χ2v) is 9.29. The lowest BCUT2D eigenvalue weighted by atomic mass is 10.1. The highest BCUT2D eigenvalue weighted by Gasteiger charge is 2.28. The number of aryl methyl sites for hydroxylation is 2. The number of nitrogens with zero attached hydrogens (tertiary/aromatic N) is 3. The summed E-state index contributed by atoms with van der Waals surface area (Å²) < 4.78 is 12.4. The van der Waals surface area contributed by atoms with Gasteiger partial charge in [0.1, 0.15) is 10.8 Å². The van der Waals surface area contributed by atoms with Crippen LogP contribution in [0.5, 0.6) is 0 Å². The molecular weight excluding hydrogens is 436 g/mol. The summed E-state index contributed by atoms with van der Waals surface area (Å²) in [5, 5.41) is 12.8. The third-order valence-electron chi connectivity index (χ3n) is 5.16. The van der Waals surface area contributed by atoms with Crippen LogP contribution in [0.3, 0.4) is 0 Å². The normalized spacial score (nSPS) is 12.7. The Morgan fingerprint density at radius 3 is 2.90 bits per heavy atom. The van der Waals surface area contributed by atoms with Gasteiger partial charge in [0.25, 0.3) is 0 Å². The third-order valence-corrected chi connectivity index (χ3v) is 7.33. The number of aromatic nitrogens is 3. The number of nitrogens with one attached hydrogen (secondary N) is 1. The van der Waals surface area contributed by atoms with Crippen LogP contribution in [0.1, 0.15) is 46.3 Å². The van der Waals surface area contributed by atoms with Crippen molar-refractivity contribution in [3.05, 3.63) is 34.1 Å². The monoisotopic (exact) mass is 460 g/mol. The molecule has 3 aromatic rings. The number of anilines is 1. The molecular formula is C21H24N4O4S2. The van der Waals surface area contributed by atoms with Crippen LogP contribution in [0, 0.1) is 6.92 Å². The number of hydrogen-bond donors (Lipinski definition) is 1. The second-order valence-electron chi connectivity index (χ2n) is 7.24. The van der Waals surface area contributed by atoms with Gasteiger partial charge in [-0.1, -0.05) is 18.7 Å². The lowest BCUT2D eigenvalue weighted by Gasteiger charge is -2.09. The van der Waals surface area contributed by atoms with Crippen LogP contribution in [0.25, 0.3) is 11.4 Å². The van der Waals surface area contributed by atoms with Crippen molar-refractivity contribution < 1.29 is 18.7 Å². The molecule has 10 heteroatoms. The number of carbonyl (C=O) groups excluding carboxylic acids is 2. The van der Waals surface area contributed by atoms with Gasteiger partial charge in [-0.15, -0.1) is 21.5 Å². The summed E-state index contributed by atoms with van der Waals surface area (Å²) in [7, 11) is 1.36. The molecule has 1 N–H and O–H groups in total. The number of esters is 1. The predicted molar refractivity (Wildman–Crippen MR) is 120 cm³/mol. The molecule has 0 bridgehead atoms. The summed E-state index contributed by atoms with van der Waals surface area (Å²) in [6.07, 6.45) is 5.35. The topological polar surface area (TPSA) is 99.2 Å². The van der Waals surface area contributed by atoms with E-state index in [0.29, 0.717) is 15.7 Å². The molecule has 0 saturated carbocycles. The van der Waals surface area contributed by atoms with Gasteiger partial charge in [0, 0.05) is 11.4 Å². The highest BCUT2D eigenvalue weighted by molar-refractivity contribution is 7.99. The number of fused-ring (bicyclic) bond motifs is 1. The Kier molecular flexibility index (Phi) is 6.47. The zero-order valence-electron chi connectivity index (χ0n) is 17.7. The van der Waals surface area contributed by atoms with Crippen molar-refractivity contribution in [3.63, 3.8) is 0 Å². The fourth-order valence-corrected chi connectivity index (χ4v) is 5.80. The Morgan fingerprint density at radius 2 is 2.19 bits per heavy atom. The first-order valence-corrected chi connectivity index (χ1v) is 12.0. The molecule has 0 fully saturated rings. The van der Waals surface area contributed by atoms with E-state index in [2.05, 4.69) is 22.4 Å². The first-order valence-electron chi connectivity index (χ1n) is 10.2. The first-order chi connectivity index (χ1) is 15.0. The molecule has 164 valence electrons. The van der Waals surface area contributed by atoms with Crippen LogP contribution >= 0.6 is 23.1 Å². The molecule has 0 radical (unpaired) electrons. The quantitative estimate of drug-likeness (QED) is 0.395. The van der Waals surface area contributed by atoms with Crippen molar-refractivity contribution >= 4 is 40.0 Å². The van der Waals surface area contributed by atoms with Crippen molar-refractivity contribution in [2.75, 3.05) is 18.2 Å². The molecule has 1 amide bonds. The van der Waals surface area contributed by atoms with Gasteiger partial charge in [0.05, 0.1) is 30.3 Å². The molecule has 1 aliphatic rings. The number of hydrogen-bond acceptors (Lipinski definition) is 8. The van der Waals surface area contributed by atoms with Crippen LogP contribution in [0.2, 0.25) is 0 Å². The molecule has 0 spiro atoms. The predicted octanol–water partition coefficient (Wildman–Crippen LogP) is 4.32. The molecule has 3 heterocycles. The summed E-state index contributed by atoms with van der Waals surface area (Å²) in [6.45, 7) is 4.70. The minimum absolute atomic E-state index is 0.162. The summed E-state index contributed by atoms with van der Waals surface area (Å²) in [5.41, 5.74) is 2.42. The van der Waals surface area contributed by atoms with Gasteiger partial charge in [-0.05, 0) is 44.2 Å². The average molecular weight is 461 g/mol. The number of furan rings is 1. The number of amides is 1. The Labute approximate surface area is 188 Å². The lowest BCUT2D eigenvalue weighted by molar-refractivity contribution is -0.113. The highest BCUT2D eigenvalue weighted by atomic mass is 32.2. The molecule has 0 atom stereocenters. The Morgan fingerprint density at radius 1 is 1.35 bits per heavy atom. The van der Waals surface area contributed by atoms with Crippen LogP contribution in [-0.2, 0) is 28.9 Å². The molecule has 3 aromatic heterocycles. The van der Waals surface area contributed by atoms with Crippen LogP contribution in [0.15, 0.2) is 21.9 Å². The van der Waals surface area contributed by atoms with E-state index >= 15 is 0 Å². The number of thioether (sulfide) groups is 1. The van der Waals surface area contributed by atoms with Crippen molar-refractivity contribution in [2.24, 2.45) is 0 Å². The largest absolute Gasteiger partial charge is 0.469 e. The van der Waals surface area contributed by atoms with Gasteiger partial charge in [-0.3, -0.25) is 4.79 Å². The lowest BCUT2D eigenvalue weighted by Crippen LogP contribution is -2.16. The van der Waals surface area contributed by atoms with E-state index in [4.69, 9.17) is 9.15 Å². The molecule has 4 rings (SSSR count). The van der Waals surface area contributed by atoms with Gasteiger partial charge >= 0.3 is 5.97 Å². The minimum Gasteiger partial charge on any atom is -0.469 e. The zero-order valence-corrected chi connectivity index (χ0v) is 19.3. The maximum Gasteiger partial charge on any atom is 0.341 e. The molecule has 0 saturated heterocycles. The average Bonchev–Trinajstić information content (AvgIpc) is 3.51. The van der Waals surface area contributed by atoms with Crippen molar-refractivity contribution in [1.29, 1.82) is 0 Å². The number of thiophene rings is 1. The van der Waals surface area contributed by atoms with Crippen molar-refractivity contribution in [1.82, 2.24) is 14.8 Å². The molecule has 0 aliphatic heterocycles. The van der Waals surface area contributed by atoms with E-state index in [1.165, 1.54) is 30.2 Å². The van der Waals surface area contributed by atoms with Gasteiger partial charge < -0.3 is 19.0 Å². The maximum absolute atomic E-state index is 12.7. The summed E-state index contributed by atoms with van der Waals surface area (Å²) in [5.74, 6) is 1.08. The van der Waals surface area contributed by atoms with Crippen molar-refractivity contribution in [2.45, 2.75) is 51.2 Å². The number of ether oxygens (including phenoxy) is 1. The standard InChI is InChI=1S/C21H24N4O4S2/c1-4-9-25-18(13-8-10-29-12(13)2)23-24-21(25)30-11-16(26)22-19-17(20(27)28-3)14-6-5-7-15(14)31-19/h8,10H,4-7,9,11H2,1-3H3,(H,22,26). The molecule has 0 aromatic carbocycles. The summed E-state index contributed by atoms with van der Waals surface area (Å²) in [6, 6.07) is 1.87. The molecule has 0 unspecified atom stereocenters. The third kappa shape index (κ3) is 4.27. The second kappa shape index (κ2) is 9.27. The summed E-state index contributed by atoms with van der Waals surface area (Å²) >= 11 is 2.80. The van der Waals surface area contributed by atoms with Gasteiger partial charge in [0.2, 0.25) is 5.91 Å². The van der Waals surface area contributed by atoms with Gasteiger partial charge in [-0.25, -0.2) is 4.79 Å². The molecule has 1 aliphatic carbocycles. The van der Waals surface area contributed by atoms with Crippen molar-refractivity contribution in [3.8, 4) is 11.4 Å². The first kappa shape index (κ1) is 21.6. The number of methoxy groups -OCH3 is 1. The fraction of sp³-hybridized carbons (Fsp3) is 0.429. The zero-order chi connectivity index (χ0) is 22.0. The molecule has 31 heavy (non-hydrogen) atoms. The number of rotatable bonds is 8. The van der Waals surface area contributed by atoms with E-state index < -0.39 is 5.97 Å². The Bertz CT molecular complexity index is 1120. The van der Waals surface area contributed by atoms with E-state index in [0.717, 1.165) is 59.8 Å². The van der Waals surface area contributed by atoms with E-state index in [9.17, 15) is 9.59 Å². The van der Waals surface area contributed by atoms with E-state index in [-0.39, 0.29) is 11.7 Å². The van der Waals surface area contributed by atoms with Gasteiger partial charge in [0.15, 0.2) is 11.0 Å². The Hall–Kier alpha value is -2.59.